The Hall–Kier alpha value is -0.570. The van der Waals surface area contributed by atoms with Gasteiger partial charge in [-0.2, -0.15) is 0 Å². The van der Waals surface area contributed by atoms with Crippen molar-refractivity contribution in [2.24, 2.45) is 5.84 Å². The normalized spacial score (nSPS) is 10.2. The molecule has 1 aromatic rings. The van der Waals surface area contributed by atoms with E-state index in [1.165, 1.54) is 5.56 Å². The van der Waals surface area contributed by atoms with Gasteiger partial charge in [-0.05, 0) is 30.5 Å². The van der Waals surface area contributed by atoms with Crippen LogP contribution in [0.25, 0.3) is 0 Å². The smallest absolute Gasteiger partial charge is 0.0408 e. The molecule has 0 aliphatic rings. The van der Waals surface area contributed by atoms with Crippen molar-refractivity contribution in [2.75, 3.05) is 6.54 Å². The van der Waals surface area contributed by atoms with Gasteiger partial charge in [-0.25, -0.2) is 0 Å². The van der Waals surface area contributed by atoms with Gasteiger partial charge in [0.2, 0.25) is 0 Å². The number of aryl methyl sites for hydroxylation is 1. The van der Waals surface area contributed by atoms with E-state index >= 15 is 0 Å². The summed E-state index contributed by atoms with van der Waals surface area (Å²) in [5.74, 6) is 5.15. The summed E-state index contributed by atoms with van der Waals surface area (Å²) in [7, 11) is 0. The Balaban J connectivity index is 2.41. The fourth-order valence-electron chi connectivity index (χ4n) is 1.09. The van der Waals surface area contributed by atoms with Gasteiger partial charge in [-0.3, -0.25) is 11.3 Å². The Kier molecular flexibility index (Phi) is 4.08. The number of rotatable bonds is 4. The predicted octanol–water partition coefficient (Wildman–Crippen LogP) is 1.74. The number of hydrogen-bond donors (Lipinski definition) is 2. The lowest BCUT2D eigenvalue weighted by Crippen LogP contribution is -2.23. The maximum atomic E-state index is 5.82. The lowest BCUT2D eigenvalue weighted by Gasteiger charge is -2.00. The quantitative estimate of drug-likeness (QED) is 0.425. The predicted molar refractivity (Wildman–Crippen MR) is 52.0 cm³/mol. The molecule has 1 rings (SSSR count). The fraction of sp³-hybridized carbons (Fsp3) is 0.333. The van der Waals surface area contributed by atoms with Gasteiger partial charge >= 0.3 is 0 Å². The molecule has 66 valence electrons. The number of halogens is 1. The van der Waals surface area contributed by atoms with Crippen LogP contribution in [0.4, 0.5) is 0 Å². The third-order valence-electron chi connectivity index (χ3n) is 1.68. The monoisotopic (exact) mass is 184 g/mol. The van der Waals surface area contributed by atoms with Crippen molar-refractivity contribution < 1.29 is 0 Å². The van der Waals surface area contributed by atoms with Crippen molar-refractivity contribution in [3.05, 3.63) is 34.9 Å². The highest BCUT2D eigenvalue weighted by Crippen LogP contribution is 2.11. The lowest BCUT2D eigenvalue weighted by molar-refractivity contribution is 0.680. The first-order chi connectivity index (χ1) is 5.83. The Bertz CT molecular complexity index is 238. The second-order valence-electron chi connectivity index (χ2n) is 2.69. The Morgan fingerprint density at radius 2 is 2.25 bits per heavy atom. The van der Waals surface area contributed by atoms with E-state index in [0.717, 1.165) is 24.4 Å². The van der Waals surface area contributed by atoms with E-state index in [1.807, 2.05) is 18.2 Å². The third kappa shape index (κ3) is 3.22. The standard InChI is InChI=1S/C9H13ClN2/c10-9-5-1-3-8(7-9)4-2-6-12-11/h1,3,5,7,12H,2,4,6,11H2. The van der Waals surface area contributed by atoms with Gasteiger partial charge in [0, 0.05) is 11.6 Å². The van der Waals surface area contributed by atoms with E-state index in [-0.39, 0.29) is 0 Å². The van der Waals surface area contributed by atoms with Crippen LogP contribution >= 0.6 is 11.6 Å². The SMILES string of the molecule is NNCCCc1cccc(Cl)c1. The highest BCUT2D eigenvalue weighted by atomic mass is 35.5. The van der Waals surface area contributed by atoms with Crippen molar-refractivity contribution in [3.8, 4) is 0 Å². The molecule has 0 spiro atoms. The summed E-state index contributed by atoms with van der Waals surface area (Å²) in [6, 6.07) is 7.90. The fourth-order valence-corrected chi connectivity index (χ4v) is 1.30. The number of benzene rings is 1. The van der Waals surface area contributed by atoms with Crippen LogP contribution in [0.3, 0.4) is 0 Å². The molecule has 1 aromatic carbocycles. The van der Waals surface area contributed by atoms with E-state index < -0.39 is 0 Å². The summed E-state index contributed by atoms with van der Waals surface area (Å²) in [4.78, 5) is 0. The highest BCUT2D eigenvalue weighted by Gasteiger charge is 1.93. The number of nitrogens with two attached hydrogens (primary N) is 1. The zero-order valence-corrected chi connectivity index (χ0v) is 7.64. The van der Waals surface area contributed by atoms with Gasteiger partial charge in [0.05, 0.1) is 0 Å². The van der Waals surface area contributed by atoms with E-state index in [2.05, 4.69) is 11.5 Å². The maximum Gasteiger partial charge on any atom is 0.0408 e. The third-order valence-corrected chi connectivity index (χ3v) is 1.91. The van der Waals surface area contributed by atoms with Crippen molar-refractivity contribution >= 4 is 11.6 Å². The first-order valence-electron chi connectivity index (χ1n) is 4.01. The van der Waals surface area contributed by atoms with Crippen LogP contribution in [-0.4, -0.2) is 6.54 Å². The van der Waals surface area contributed by atoms with Gasteiger partial charge in [0.15, 0.2) is 0 Å². The number of nitrogens with one attached hydrogen (secondary N) is 1. The topological polar surface area (TPSA) is 38.0 Å². The summed E-state index contributed by atoms with van der Waals surface area (Å²) >= 11 is 5.82. The maximum absolute atomic E-state index is 5.82. The second kappa shape index (κ2) is 5.14. The molecule has 0 saturated carbocycles. The molecule has 0 aliphatic heterocycles. The second-order valence-corrected chi connectivity index (χ2v) is 3.12. The van der Waals surface area contributed by atoms with Crippen molar-refractivity contribution in [2.45, 2.75) is 12.8 Å². The molecule has 0 aromatic heterocycles. The minimum atomic E-state index is 0.799. The summed E-state index contributed by atoms with van der Waals surface area (Å²) in [6.07, 6.45) is 2.06. The van der Waals surface area contributed by atoms with Crippen molar-refractivity contribution in [3.63, 3.8) is 0 Å². The first-order valence-corrected chi connectivity index (χ1v) is 4.38. The molecule has 0 atom stereocenters. The zero-order valence-electron chi connectivity index (χ0n) is 6.89. The minimum Gasteiger partial charge on any atom is -0.271 e. The summed E-state index contributed by atoms with van der Waals surface area (Å²) < 4.78 is 0. The number of hydrogen-bond acceptors (Lipinski definition) is 2. The van der Waals surface area contributed by atoms with Crippen LogP contribution in [0.5, 0.6) is 0 Å². The van der Waals surface area contributed by atoms with Gasteiger partial charge in [0.1, 0.15) is 0 Å². The Morgan fingerprint density at radius 3 is 2.92 bits per heavy atom. The molecule has 0 unspecified atom stereocenters. The van der Waals surface area contributed by atoms with E-state index in [0.29, 0.717) is 0 Å². The minimum absolute atomic E-state index is 0.799. The Morgan fingerprint density at radius 1 is 1.42 bits per heavy atom. The molecular formula is C9H13ClN2. The molecule has 2 nitrogen and oxygen atoms in total. The molecule has 0 radical (unpaired) electrons. The van der Waals surface area contributed by atoms with E-state index in [9.17, 15) is 0 Å². The largest absolute Gasteiger partial charge is 0.271 e. The van der Waals surface area contributed by atoms with Crippen LogP contribution in [0.1, 0.15) is 12.0 Å². The van der Waals surface area contributed by atoms with Crippen molar-refractivity contribution in [1.82, 2.24) is 5.43 Å². The molecule has 3 N–H and O–H groups in total. The summed E-state index contributed by atoms with van der Waals surface area (Å²) in [6.45, 7) is 0.840. The van der Waals surface area contributed by atoms with Gasteiger partial charge in [0.25, 0.3) is 0 Å². The van der Waals surface area contributed by atoms with Crippen LogP contribution in [0.15, 0.2) is 24.3 Å². The van der Waals surface area contributed by atoms with Gasteiger partial charge in [-0.15, -0.1) is 0 Å². The van der Waals surface area contributed by atoms with Crippen LogP contribution < -0.4 is 11.3 Å². The van der Waals surface area contributed by atoms with E-state index in [4.69, 9.17) is 17.4 Å². The average Bonchev–Trinajstić information content (AvgIpc) is 2.05. The zero-order chi connectivity index (χ0) is 8.81. The molecular weight excluding hydrogens is 172 g/mol. The summed E-state index contributed by atoms with van der Waals surface area (Å²) in [5, 5.41) is 0.799. The lowest BCUT2D eigenvalue weighted by atomic mass is 10.1. The average molecular weight is 185 g/mol. The van der Waals surface area contributed by atoms with Crippen molar-refractivity contribution in [1.29, 1.82) is 0 Å². The highest BCUT2D eigenvalue weighted by molar-refractivity contribution is 6.30. The molecule has 0 fully saturated rings. The van der Waals surface area contributed by atoms with Crippen LogP contribution in [0.2, 0.25) is 5.02 Å². The molecule has 0 heterocycles. The van der Waals surface area contributed by atoms with Crippen LogP contribution in [-0.2, 0) is 6.42 Å². The first kappa shape index (κ1) is 9.52. The Labute approximate surface area is 77.7 Å². The van der Waals surface area contributed by atoms with Gasteiger partial charge in [-0.1, -0.05) is 23.7 Å². The molecule has 0 bridgehead atoms. The summed E-state index contributed by atoms with van der Waals surface area (Å²) in [5.41, 5.74) is 3.88. The molecule has 0 aliphatic carbocycles. The van der Waals surface area contributed by atoms with Crippen LogP contribution in [0, 0.1) is 0 Å². The van der Waals surface area contributed by atoms with E-state index in [1.54, 1.807) is 0 Å². The molecule has 3 heteroatoms. The van der Waals surface area contributed by atoms with Gasteiger partial charge < -0.3 is 0 Å². The molecule has 0 amide bonds. The molecule has 12 heavy (non-hydrogen) atoms. The molecule has 0 saturated heterocycles. The number of hydrazine groups is 1.